The van der Waals surface area contributed by atoms with E-state index in [9.17, 15) is 0 Å². The molecule has 0 aromatic carbocycles. The molecule has 12 heavy (non-hydrogen) atoms. The third kappa shape index (κ3) is 3.52. The quantitative estimate of drug-likeness (QED) is 0.644. The zero-order chi connectivity index (χ0) is 8.81. The van der Waals surface area contributed by atoms with Crippen LogP contribution < -0.4 is 5.32 Å². The first-order valence-electron chi connectivity index (χ1n) is 4.75. The monoisotopic (exact) mass is 173 g/mol. The first kappa shape index (κ1) is 9.96. The minimum Gasteiger partial charge on any atom is -0.376 e. The third-order valence-electron chi connectivity index (χ3n) is 2.06. The molecule has 1 rings (SSSR count). The lowest BCUT2D eigenvalue weighted by Crippen LogP contribution is -2.37. The van der Waals surface area contributed by atoms with E-state index in [2.05, 4.69) is 19.2 Å². The molecule has 0 amide bonds. The summed E-state index contributed by atoms with van der Waals surface area (Å²) in [6.45, 7) is 7.77. The molecular formula is C9H19NO2. The van der Waals surface area contributed by atoms with Gasteiger partial charge in [0.05, 0.1) is 13.2 Å². The maximum absolute atomic E-state index is 5.53. The lowest BCUT2D eigenvalue weighted by molar-refractivity contribution is -0.130. The van der Waals surface area contributed by atoms with Gasteiger partial charge in [0.25, 0.3) is 0 Å². The predicted molar refractivity (Wildman–Crippen MR) is 48.3 cm³/mol. The van der Waals surface area contributed by atoms with Crippen LogP contribution in [-0.2, 0) is 9.47 Å². The van der Waals surface area contributed by atoms with E-state index in [0.29, 0.717) is 12.1 Å². The Hall–Kier alpha value is -0.120. The predicted octanol–water partition coefficient (Wildman–Crippen LogP) is 0.790. The van der Waals surface area contributed by atoms with E-state index in [1.165, 1.54) is 0 Å². The molecule has 0 saturated carbocycles. The van der Waals surface area contributed by atoms with E-state index >= 15 is 0 Å². The van der Waals surface area contributed by atoms with Gasteiger partial charge in [-0.1, -0.05) is 6.92 Å². The van der Waals surface area contributed by atoms with Gasteiger partial charge >= 0.3 is 0 Å². The summed E-state index contributed by atoms with van der Waals surface area (Å²) < 4.78 is 10.5. The molecule has 1 heterocycles. The second-order valence-corrected chi connectivity index (χ2v) is 3.28. The van der Waals surface area contributed by atoms with Crippen molar-refractivity contribution in [3.05, 3.63) is 0 Å². The Morgan fingerprint density at radius 1 is 1.58 bits per heavy atom. The molecule has 1 unspecified atom stereocenters. The summed E-state index contributed by atoms with van der Waals surface area (Å²) >= 11 is 0. The highest BCUT2D eigenvalue weighted by atomic mass is 16.6. The molecule has 3 nitrogen and oxygen atoms in total. The van der Waals surface area contributed by atoms with E-state index in [1.54, 1.807) is 0 Å². The number of hydrogen-bond donors (Lipinski definition) is 1. The molecule has 1 saturated heterocycles. The van der Waals surface area contributed by atoms with Crippen LogP contribution >= 0.6 is 0 Å². The van der Waals surface area contributed by atoms with Crippen molar-refractivity contribution >= 4 is 0 Å². The van der Waals surface area contributed by atoms with Gasteiger partial charge in [-0.3, -0.25) is 0 Å². The second-order valence-electron chi connectivity index (χ2n) is 3.28. The van der Waals surface area contributed by atoms with Gasteiger partial charge in [0, 0.05) is 12.6 Å². The van der Waals surface area contributed by atoms with Crippen LogP contribution in [0.15, 0.2) is 0 Å². The van der Waals surface area contributed by atoms with Crippen molar-refractivity contribution < 1.29 is 9.47 Å². The fraction of sp³-hybridized carbons (Fsp3) is 1.00. The largest absolute Gasteiger partial charge is 0.376 e. The lowest BCUT2D eigenvalue weighted by Gasteiger charge is -2.26. The van der Waals surface area contributed by atoms with E-state index < -0.39 is 0 Å². The van der Waals surface area contributed by atoms with Crippen molar-refractivity contribution in [2.45, 2.75) is 32.4 Å². The van der Waals surface area contributed by atoms with E-state index in [-0.39, 0.29) is 0 Å². The van der Waals surface area contributed by atoms with Crippen LogP contribution in [0.4, 0.5) is 0 Å². The number of nitrogens with one attached hydrogen (secondary N) is 1. The molecule has 1 fully saturated rings. The molecule has 0 spiro atoms. The van der Waals surface area contributed by atoms with Crippen molar-refractivity contribution in [2.75, 3.05) is 26.4 Å². The molecule has 3 heteroatoms. The molecule has 0 radical (unpaired) electrons. The van der Waals surface area contributed by atoms with Crippen LogP contribution in [0.2, 0.25) is 0 Å². The summed E-state index contributed by atoms with van der Waals surface area (Å²) in [5, 5.41) is 3.34. The third-order valence-corrected chi connectivity index (χ3v) is 2.06. The molecule has 0 aromatic heterocycles. The molecule has 0 aromatic rings. The average Bonchev–Trinajstić information content (AvgIpc) is 1.95. The molecule has 1 aliphatic heterocycles. The van der Waals surface area contributed by atoms with Crippen LogP contribution in [0.5, 0.6) is 0 Å². The summed E-state index contributed by atoms with van der Waals surface area (Å²) in [7, 11) is 0. The first-order valence-corrected chi connectivity index (χ1v) is 4.75. The summed E-state index contributed by atoms with van der Waals surface area (Å²) in [6, 6.07) is 0.566. The summed E-state index contributed by atoms with van der Waals surface area (Å²) in [4.78, 5) is 0. The Morgan fingerprint density at radius 3 is 2.83 bits per heavy atom. The van der Waals surface area contributed by atoms with Gasteiger partial charge in [0.2, 0.25) is 0 Å². The Morgan fingerprint density at radius 2 is 2.33 bits per heavy atom. The molecule has 1 atom stereocenters. The van der Waals surface area contributed by atoms with Gasteiger partial charge < -0.3 is 14.8 Å². The molecule has 1 N–H and O–H groups in total. The standard InChI is InChI=1S/C9H19NO2/c1-3-10-8(2)4-5-12-9-6-11-7-9/h8-10H,3-7H2,1-2H3. The normalized spacial score (nSPS) is 20.5. The van der Waals surface area contributed by atoms with Gasteiger partial charge in [0.15, 0.2) is 0 Å². The van der Waals surface area contributed by atoms with Gasteiger partial charge in [-0.15, -0.1) is 0 Å². The Labute approximate surface area is 74.4 Å². The fourth-order valence-electron chi connectivity index (χ4n) is 1.17. The Balaban J connectivity index is 1.86. The molecule has 1 aliphatic rings. The van der Waals surface area contributed by atoms with Crippen LogP contribution in [0.25, 0.3) is 0 Å². The number of hydrogen-bond acceptors (Lipinski definition) is 3. The minimum absolute atomic E-state index is 0.374. The average molecular weight is 173 g/mol. The van der Waals surface area contributed by atoms with E-state index in [4.69, 9.17) is 9.47 Å². The first-order chi connectivity index (χ1) is 5.83. The maximum Gasteiger partial charge on any atom is 0.104 e. The summed E-state index contributed by atoms with van der Waals surface area (Å²) in [5.74, 6) is 0. The lowest BCUT2D eigenvalue weighted by atomic mass is 10.2. The number of rotatable bonds is 6. The van der Waals surface area contributed by atoms with Crippen molar-refractivity contribution in [1.29, 1.82) is 0 Å². The van der Waals surface area contributed by atoms with Crippen LogP contribution in [0.3, 0.4) is 0 Å². The Kier molecular flexibility index (Phi) is 4.58. The maximum atomic E-state index is 5.53. The smallest absolute Gasteiger partial charge is 0.104 e. The van der Waals surface area contributed by atoms with E-state index in [1.807, 2.05) is 0 Å². The SMILES string of the molecule is CCNC(C)CCOC1COC1. The summed E-state index contributed by atoms with van der Waals surface area (Å²) in [5.41, 5.74) is 0. The second kappa shape index (κ2) is 5.51. The zero-order valence-electron chi connectivity index (χ0n) is 8.01. The topological polar surface area (TPSA) is 30.5 Å². The highest BCUT2D eigenvalue weighted by molar-refractivity contribution is 4.65. The van der Waals surface area contributed by atoms with Gasteiger partial charge in [-0.25, -0.2) is 0 Å². The fourth-order valence-corrected chi connectivity index (χ4v) is 1.17. The molecule has 0 aliphatic carbocycles. The van der Waals surface area contributed by atoms with Crippen LogP contribution in [0.1, 0.15) is 20.3 Å². The zero-order valence-corrected chi connectivity index (χ0v) is 8.01. The summed E-state index contributed by atoms with van der Waals surface area (Å²) in [6.07, 6.45) is 1.46. The number of ether oxygens (including phenoxy) is 2. The van der Waals surface area contributed by atoms with Crippen molar-refractivity contribution in [1.82, 2.24) is 5.32 Å². The molecule has 72 valence electrons. The van der Waals surface area contributed by atoms with E-state index in [0.717, 1.165) is 32.8 Å². The van der Waals surface area contributed by atoms with Crippen molar-refractivity contribution in [3.8, 4) is 0 Å². The molecular weight excluding hydrogens is 154 g/mol. The molecule has 0 bridgehead atoms. The van der Waals surface area contributed by atoms with Gasteiger partial charge in [-0.2, -0.15) is 0 Å². The minimum atomic E-state index is 0.374. The Bertz CT molecular complexity index is 115. The van der Waals surface area contributed by atoms with Crippen LogP contribution in [0, 0.1) is 0 Å². The highest BCUT2D eigenvalue weighted by Crippen LogP contribution is 2.05. The highest BCUT2D eigenvalue weighted by Gasteiger charge is 2.18. The van der Waals surface area contributed by atoms with Gasteiger partial charge in [-0.05, 0) is 19.9 Å². The van der Waals surface area contributed by atoms with Crippen LogP contribution in [-0.4, -0.2) is 38.5 Å². The van der Waals surface area contributed by atoms with Crippen molar-refractivity contribution in [3.63, 3.8) is 0 Å². The van der Waals surface area contributed by atoms with Gasteiger partial charge in [0.1, 0.15) is 6.10 Å². The van der Waals surface area contributed by atoms with Crippen molar-refractivity contribution in [2.24, 2.45) is 0 Å².